The van der Waals surface area contributed by atoms with Gasteiger partial charge in [0, 0.05) is 10.9 Å². The van der Waals surface area contributed by atoms with Crippen LogP contribution in [0.1, 0.15) is 27.0 Å². The van der Waals surface area contributed by atoms with E-state index in [9.17, 15) is 4.79 Å². The second-order valence-corrected chi connectivity index (χ2v) is 5.22. The van der Waals surface area contributed by atoms with Gasteiger partial charge in [-0.1, -0.05) is 17.9 Å². The van der Waals surface area contributed by atoms with Crippen LogP contribution in [0.15, 0.2) is 29.0 Å². The normalized spacial score (nSPS) is 9.75. The third-order valence-corrected chi connectivity index (χ3v) is 3.71. The lowest BCUT2D eigenvalue weighted by Crippen LogP contribution is -2.13. The zero-order valence-corrected chi connectivity index (χ0v) is 12.3. The van der Waals surface area contributed by atoms with E-state index in [0.717, 1.165) is 22.4 Å². The number of nitrogens with one attached hydrogen (secondary N) is 1. The van der Waals surface area contributed by atoms with Crippen molar-refractivity contribution in [2.24, 2.45) is 5.73 Å². The highest BCUT2D eigenvalue weighted by Gasteiger charge is 2.11. The highest BCUT2D eigenvalue weighted by molar-refractivity contribution is 7.08. The van der Waals surface area contributed by atoms with E-state index in [4.69, 9.17) is 5.73 Å². The number of rotatable bonds is 2. The summed E-state index contributed by atoms with van der Waals surface area (Å²) in [5.74, 6) is 5.68. The van der Waals surface area contributed by atoms with Crippen molar-refractivity contribution in [1.82, 2.24) is 0 Å². The number of thiophene rings is 1. The molecule has 0 aliphatic heterocycles. The molecule has 2 rings (SSSR count). The Balaban J connectivity index is 2.31. The molecule has 0 unspecified atom stereocenters. The van der Waals surface area contributed by atoms with Gasteiger partial charge in [0.15, 0.2) is 0 Å². The number of nitrogens with two attached hydrogens (primary N) is 1. The van der Waals surface area contributed by atoms with Gasteiger partial charge in [0.25, 0.3) is 5.91 Å². The summed E-state index contributed by atoms with van der Waals surface area (Å²) in [5.41, 5.74) is 9.65. The van der Waals surface area contributed by atoms with Crippen LogP contribution in [-0.2, 0) is 0 Å². The first-order valence-corrected chi connectivity index (χ1v) is 7.20. The van der Waals surface area contributed by atoms with Gasteiger partial charge < -0.3 is 11.1 Å². The zero-order valence-electron chi connectivity index (χ0n) is 11.5. The van der Waals surface area contributed by atoms with Crippen LogP contribution in [0.2, 0.25) is 0 Å². The number of aryl methyl sites for hydroxylation is 2. The molecular weight excluding hydrogens is 268 g/mol. The van der Waals surface area contributed by atoms with Gasteiger partial charge in [-0.2, -0.15) is 11.3 Å². The summed E-state index contributed by atoms with van der Waals surface area (Å²) >= 11 is 1.52. The highest BCUT2D eigenvalue weighted by atomic mass is 32.1. The van der Waals surface area contributed by atoms with Crippen molar-refractivity contribution in [2.45, 2.75) is 13.8 Å². The molecule has 0 aliphatic rings. The van der Waals surface area contributed by atoms with Gasteiger partial charge in [-0.3, -0.25) is 4.79 Å². The summed E-state index contributed by atoms with van der Waals surface area (Å²) in [6.45, 7) is 4.20. The first kappa shape index (κ1) is 14.3. The molecule has 0 atom stereocenters. The second-order valence-electron chi connectivity index (χ2n) is 4.48. The monoisotopic (exact) mass is 284 g/mol. The van der Waals surface area contributed by atoms with E-state index in [1.807, 2.05) is 42.8 Å². The smallest absolute Gasteiger partial charge is 0.256 e. The van der Waals surface area contributed by atoms with Crippen LogP contribution < -0.4 is 11.1 Å². The van der Waals surface area contributed by atoms with Gasteiger partial charge in [0.1, 0.15) is 0 Å². The molecule has 2 aromatic rings. The summed E-state index contributed by atoms with van der Waals surface area (Å²) in [4.78, 5) is 12.3. The van der Waals surface area contributed by atoms with Crippen molar-refractivity contribution in [3.63, 3.8) is 0 Å². The predicted molar refractivity (Wildman–Crippen MR) is 84.1 cm³/mol. The maximum Gasteiger partial charge on any atom is 0.256 e. The first-order chi connectivity index (χ1) is 9.61. The number of anilines is 1. The Hall–Kier alpha value is -2.09. The van der Waals surface area contributed by atoms with E-state index in [1.54, 1.807) is 0 Å². The Morgan fingerprint density at radius 1 is 1.35 bits per heavy atom. The predicted octanol–water partition coefficient (Wildman–Crippen LogP) is 2.93. The number of hydrogen-bond donors (Lipinski definition) is 2. The third kappa shape index (κ3) is 3.27. The third-order valence-electron chi connectivity index (χ3n) is 2.85. The zero-order chi connectivity index (χ0) is 14.5. The molecule has 0 saturated carbocycles. The van der Waals surface area contributed by atoms with Crippen molar-refractivity contribution in [1.29, 1.82) is 0 Å². The number of benzene rings is 1. The van der Waals surface area contributed by atoms with E-state index >= 15 is 0 Å². The maximum atomic E-state index is 12.3. The van der Waals surface area contributed by atoms with Gasteiger partial charge in [0.05, 0.1) is 17.8 Å². The van der Waals surface area contributed by atoms with Gasteiger partial charge in [-0.25, -0.2) is 0 Å². The molecule has 4 heteroatoms. The molecule has 0 radical (unpaired) electrons. The van der Waals surface area contributed by atoms with Crippen molar-refractivity contribution < 1.29 is 4.79 Å². The molecule has 1 aromatic carbocycles. The number of hydrogen-bond acceptors (Lipinski definition) is 3. The summed E-state index contributed by atoms with van der Waals surface area (Å²) in [5, 5.41) is 6.74. The Morgan fingerprint density at radius 3 is 2.80 bits per heavy atom. The van der Waals surface area contributed by atoms with Crippen molar-refractivity contribution in [3.05, 3.63) is 51.2 Å². The Bertz CT molecular complexity index is 692. The topological polar surface area (TPSA) is 55.1 Å². The molecule has 0 fully saturated rings. The fourth-order valence-corrected chi connectivity index (χ4v) is 2.63. The molecule has 102 valence electrons. The molecule has 20 heavy (non-hydrogen) atoms. The Labute approximate surface area is 122 Å². The molecule has 0 spiro atoms. The second kappa shape index (κ2) is 6.38. The SMILES string of the molecule is Cc1ccc(C#CCN)c(NC(=O)c2cscc2C)c1. The summed E-state index contributed by atoms with van der Waals surface area (Å²) in [7, 11) is 0. The van der Waals surface area contributed by atoms with Crippen LogP contribution in [0, 0.1) is 25.7 Å². The van der Waals surface area contributed by atoms with E-state index in [2.05, 4.69) is 17.2 Å². The standard InChI is InChI=1S/C16H16N2OS/c1-11-5-6-13(4-3-7-17)15(8-11)18-16(19)14-10-20-9-12(14)2/h5-6,8-10H,7,17H2,1-2H3,(H,18,19). The molecule has 1 aromatic heterocycles. The van der Waals surface area contributed by atoms with E-state index in [0.29, 0.717) is 12.1 Å². The largest absolute Gasteiger partial charge is 0.321 e. The van der Waals surface area contributed by atoms with Crippen molar-refractivity contribution in [3.8, 4) is 11.8 Å². The van der Waals surface area contributed by atoms with E-state index in [-0.39, 0.29) is 5.91 Å². The summed E-state index contributed by atoms with van der Waals surface area (Å²) in [6.07, 6.45) is 0. The fraction of sp³-hybridized carbons (Fsp3) is 0.188. The van der Waals surface area contributed by atoms with Gasteiger partial charge in [-0.05, 0) is 42.5 Å². The minimum absolute atomic E-state index is 0.106. The van der Waals surface area contributed by atoms with E-state index in [1.165, 1.54) is 11.3 Å². The average Bonchev–Trinajstić information content (AvgIpc) is 2.84. The summed E-state index contributed by atoms with van der Waals surface area (Å²) < 4.78 is 0. The first-order valence-electron chi connectivity index (χ1n) is 6.25. The molecular formula is C16H16N2OS. The molecule has 1 heterocycles. The van der Waals surface area contributed by atoms with E-state index < -0.39 is 0 Å². The van der Waals surface area contributed by atoms with Crippen LogP contribution in [0.3, 0.4) is 0 Å². The van der Waals surface area contributed by atoms with Crippen molar-refractivity contribution in [2.75, 3.05) is 11.9 Å². The molecule has 3 N–H and O–H groups in total. The van der Waals surface area contributed by atoms with Crippen LogP contribution in [0.5, 0.6) is 0 Å². The average molecular weight is 284 g/mol. The van der Waals surface area contributed by atoms with Crippen LogP contribution >= 0.6 is 11.3 Å². The van der Waals surface area contributed by atoms with Crippen molar-refractivity contribution >= 4 is 22.9 Å². The molecule has 0 aliphatic carbocycles. The molecule has 1 amide bonds. The quantitative estimate of drug-likeness (QED) is 0.833. The lowest BCUT2D eigenvalue weighted by molar-refractivity contribution is 0.102. The summed E-state index contributed by atoms with van der Waals surface area (Å²) in [6, 6.07) is 5.78. The van der Waals surface area contributed by atoms with Gasteiger partial charge >= 0.3 is 0 Å². The minimum atomic E-state index is -0.106. The Kier molecular flexibility index (Phi) is 4.57. The number of amides is 1. The van der Waals surface area contributed by atoms with Crippen LogP contribution in [0.4, 0.5) is 5.69 Å². The van der Waals surface area contributed by atoms with Gasteiger partial charge in [0.2, 0.25) is 0 Å². The van der Waals surface area contributed by atoms with Crippen LogP contribution in [0.25, 0.3) is 0 Å². The number of carbonyl (C=O) groups is 1. The van der Waals surface area contributed by atoms with Crippen LogP contribution in [-0.4, -0.2) is 12.5 Å². The minimum Gasteiger partial charge on any atom is -0.321 e. The maximum absolute atomic E-state index is 12.3. The lowest BCUT2D eigenvalue weighted by atomic mass is 10.1. The Morgan fingerprint density at radius 2 is 2.15 bits per heavy atom. The fourth-order valence-electron chi connectivity index (χ4n) is 1.80. The molecule has 0 bridgehead atoms. The number of carbonyl (C=O) groups excluding carboxylic acids is 1. The van der Waals surface area contributed by atoms with Gasteiger partial charge in [-0.15, -0.1) is 0 Å². The molecule has 3 nitrogen and oxygen atoms in total. The lowest BCUT2D eigenvalue weighted by Gasteiger charge is -2.08. The highest BCUT2D eigenvalue weighted by Crippen LogP contribution is 2.20. The molecule has 0 saturated heterocycles.